The average molecular weight is 290 g/mol. The maximum atomic E-state index is 11.1. The van der Waals surface area contributed by atoms with Crippen LogP contribution in [0.25, 0.3) is 0 Å². The summed E-state index contributed by atoms with van der Waals surface area (Å²) in [4.78, 5) is 4.09. The molecule has 2 aromatic heterocycles. The van der Waals surface area contributed by atoms with E-state index in [0.29, 0.717) is 6.54 Å². The maximum absolute atomic E-state index is 11.1. The second-order valence-corrected chi connectivity index (χ2v) is 6.28. The maximum Gasteiger partial charge on any atom is 0.264 e. The minimum Gasteiger partial charge on any atom is -0.264 e. The first-order chi connectivity index (χ1) is 8.50. The summed E-state index contributed by atoms with van der Waals surface area (Å²) in [5.74, 6) is 0.721. The van der Waals surface area contributed by atoms with Crippen LogP contribution in [0.15, 0.2) is 23.6 Å². The zero-order valence-electron chi connectivity index (χ0n) is 9.69. The van der Waals surface area contributed by atoms with Gasteiger partial charge in [-0.05, 0) is 6.42 Å². The number of aryl methyl sites for hydroxylation is 1. The Kier molecular flexibility index (Phi) is 3.67. The lowest BCUT2D eigenvalue weighted by molar-refractivity contribution is 0.539. The van der Waals surface area contributed by atoms with Crippen molar-refractivity contribution in [1.29, 1.82) is 0 Å². The van der Waals surface area contributed by atoms with Crippen molar-refractivity contribution in [3.63, 3.8) is 0 Å². The van der Waals surface area contributed by atoms with Crippen LogP contribution in [0.3, 0.4) is 0 Å². The molecule has 0 aliphatic heterocycles. The van der Waals surface area contributed by atoms with Crippen molar-refractivity contribution >= 4 is 19.7 Å². The largest absolute Gasteiger partial charge is 0.264 e. The van der Waals surface area contributed by atoms with E-state index >= 15 is 0 Å². The van der Waals surface area contributed by atoms with Crippen LogP contribution in [0, 0.1) is 0 Å². The van der Waals surface area contributed by atoms with Crippen molar-refractivity contribution in [3.8, 4) is 0 Å². The van der Waals surface area contributed by atoms with Crippen molar-refractivity contribution in [3.05, 3.63) is 24.5 Å². The summed E-state index contributed by atoms with van der Waals surface area (Å²) in [6.45, 7) is 3.15. The topological polar surface area (TPSA) is 82.7 Å². The van der Waals surface area contributed by atoms with Crippen LogP contribution in [0.1, 0.15) is 19.2 Å². The zero-order valence-corrected chi connectivity index (χ0v) is 11.3. The summed E-state index contributed by atoms with van der Waals surface area (Å²) in [6, 6.07) is 0. The van der Waals surface area contributed by atoms with Crippen molar-refractivity contribution in [2.75, 3.05) is 0 Å². The van der Waals surface area contributed by atoms with Gasteiger partial charge in [-0.1, -0.05) is 6.92 Å². The molecule has 2 heterocycles. The number of halogens is 1. The van der Waals surface area contributed by atoms with E-state index in [1.807, 2.05) is 6.92 Å². The van der Waals surface area contributed by atoms with E-state index in [1.165, 1.54) is 23.4 Å². The van der Waals surface area contributed by atoms with E-state index < -0.39 is 9.05 Å². The van der Waals surface area contributed by atoms with Gasteiger partial charge < -0.3 is 0 Å². The Bertz CT molecular complexity index is 633. The molecule has 2 rings (SSSR count). The third-order valence-electron chi connectivity index (χ3n) is 2.33. The monoisotopic (exact) mass is 289 g/mol. The fourth-order valence-electron chi connectivity index (χ4n) is 1.51. The first kappa shape index (κ1) is 13.0. The van der Waals surface area contributed by atoms with Gasteiger partial charge in [0.1, 0.15) is 23.6 Å². The molecule has 2 aromatic rings. The third-order valence-corrected chi connectivity index (χ3v) is 3.63. The van der Waals surface area contributed by atoms with Gasteiger partial charge in [0.25, 0.3) is 9.05 Å². The highest BCUT2D eigenvalue weighted by Gasteiger charge is 2.13. The number of hydrogen-bond acceptors (Lipinski definition) is 5. The number of aromatic nitrogens is 5. The fraction of sp³-hybridized carbons (Fsp3) is 0.444. The molecule has 7 nitrogen and oxygen atoms in total. The predicted molar refractivity (Wildman–Crippen MR) is 64.7 cm³/mol. The molecule has 0 saturated carbocycles. The van der Waals surface area contributed by atoms with Crippen molar-refractivity contribution in [2.24, 2.45) is 0 Å². The molecule has 0 amide bonds. The van der Waals surface area contributed by atoms with E-state index in [1.54, 1.807) is 4.68 Å². The van der Waals surface area contributed by atoms with Crippen LogP contribution in [0.2, 0.25) is 0 Å². The molecule has 0 bridgehead atoms. The molecule has 98 valence electrons. The Labute approximate surface area is 109 Å². The lowest BCUT2D eigenvalue weighted by Crippen LogP contribution is -2.10. The molecule has 0 aliphatic rings. The van der Waals surface area contributed by atoms with Gasteiger partial charge in [-0.15, -0.1) is 0 Å². The average Bonchev–Trinajstić information content (AvgIpc) is 2.89. The quantitative estimate of drug-likeness (QED) is 0.763. The molecular weight excluding hydrogens is 278 g/mol. The van der Waals surface area contributed by atoms with Crippen LogP contribution in [0.4, 0.5) is 0 Å². The lowest BCUT2D eigenvalue weighted by atomic mass is 10.5. The number of rotatable bonds is 5. The molecule has 0 aromatic carbocycles. The summed E-state index contributed by atoms with van der Waals surface area (Å²) in [7, 11) is 1.49. The van der Waals surface area contributed by atoms with E-state index in [9.17, 15) is 8.42 Å². The molecule has 18 heavy (non-hydrogen) atoms. The number of nitrogens with zero attached hydrogens (tertiary/aromatic N) is 5. The highest BCUT2D eigenvalue weighted by Crippen LogP contribution is 2.13. The van der Waals surface area contributed by atoms with E-state index in [-0.39, 0.29) is 4.90 Å². The summed E-state index contributed by atoms with van der Waals surface area (Å²) >= 11 is 0. The molecular formula is C9H12ClN5O2S. The Morgan fingerprint density at radius 2 is 2.17 bits per heavy atom. The van der Waals surface area contributed by atoms with Crippen molar-refractivity contribution in [2.45, 2.75) is 31.3 Å². The lowest BCUT2D eigenvalue weighted by Gasteiger charge is -2.03. The highest BCUT2D eigenvalue weighted by atomic mass is 35.7. The second-order valence-electron chi connectivity index (χ2n) is 3.71. The predicted octanol–water partition coefficient (Wildman–Crippen LogP) is 0.860. The van der Waals surface area contributed by atoms with E-state index in [4.69, 9.17) is 10.7 Å². The number of hydrogen-bond donors (Lipinski definition) is 0. The summed E-state index contributed by atoms with van der Waals surface area (Å²) in [5.41, 5.74) is 0. The Morgan fingerprint density at radius 1 is 1.39 bits per heavy atom. The SMILES string of the molecule is CCCn1ncnc1Cn1cc(S(=O)(=O)Cl)cn1. The van der Waals surface area contributed by atoms with Crippen molar-refractivity contribution in [1.82, 2.24) is 24.5 Å². The molecule has 0 N–H and O–H groups in total. The van der Waals surface area contributed by atoms with Gasteiger partial charge in [-0.25, -0.2) is 18.1 Å². The first-order valence-electron chi connectivity index (χ1n) is 5.34. The van der Waals surface area contributed by atoms with Gasteiger partial charge in [0.05, 0.1) is 6.20 Å². The van der Waals surface area contributed by atoms with E-state index in [0.717, 1.165) is 18.8 Å². The summed E-state index contributed by atoms with van der Waals surface area (Å²) in [6.07, 6.45) is 4.99. The smallest absolute Gasteiger partial charge is 0.264 e. The molecule has 0 atom stereocenters. The van der Waals surface area contributed by atoms with Crippen molar-refractivity contribution < 1.29 is 8.42 Å². The molecule has 0 aliphatic carbocycles. The van der Waals surface area contributed by atoms with Gasteiger partial charge in [0.15, 0.2) is 0 Å². The first-order valence-corrected chi connectivity index (χ1v) is 7.65. The minimum atomic E-state index is -3.74. The van der Waals surface area contributed by atoms with E-state index in [2.05, 4.69) is 15.2 Å². The summed E-state index contributed by atoms with van der Waals surface area (Å²) < 4.78 is 25.4. The van der Waals surface area contributed by atoms with Gasteiger partial charge in [0, 0.05) is 23.4 Å². The van der Waals surface area contributed by atoms with Gasteiger partial charge in [0.2, 0.25) is 0 Å². The molecule has 0 fully saturated rings. The minimum absolute atomic E-state index is 0.0225. The zero-order chi connectivity index (χ0) is 13.2. The van der Waals surface area contributed by atoms with Crippen LogP contribution in [0.5, 0.6) is 0 Å². The molecule has 9 heteroatoms. The van der Waals surface area contributed by atoms with Gasteiger partial charge >= 0.3 is 0 Å². The molecule has 0 saturated heterocycles. The fourth-order valence-corrected chi connectivity index (χ4v) is 2.17. The molecule has 0 radical (unpaired) electrons. The Balaban J connectivity index is 2.19. The highest BCUT2D eigenvalue weighted by molar-refractivity contribution is 8.13. The van der Waals surface area contributed by atoms with Crippen LogP contribution in [-0.2, 0) is 22.1 Å². The Hall–Kier alpha value is -1.41. The standard InChI is InChI=1S/C9H12ClN5O2S/c1-2-3-15-9(11-7-13-15)6-14-5-8(4-12-14)18(10,16)17/h4-5,7H,2-3,6H2,1H3. The van der Waals surface area contributed by atoms with Gasteiger partial charge in [-0.3, -0.25) is 4.68 Å². The van der Waals surface area contributed by atoms with Crippen LogP contribution >= 0.6 is 10.7 Å². The third kappa shape index (κ3) is 2.88. The normalized spacial score (nSPS) is 11.9. The van der Waals surface area contributed by atoms with Crippen LogP contribution < -0.4 is 0 Å². The molecule has 0 unspecified atom stereocenters. The molecule has 0 spiro atoms. The Morgan fingerprint density at radius 3 is 2.78 bits per heavy atom. The second kappa shape index (κ2) is 5.07. The van der Waals surface area contributed by atoms with Crippen LogP contribution in [-0.4, -0.2) is 33.0 Å². The summed E-state index contributed by atoms with van der Waals surface area (Å²) in [5, 5.41) is 8.01. The van der Waals surface area contributed by atoms with Gasteiger partial charge in [-0.2, -0.15) is 10.2 Å².